The van der Waals surface area contributed by atoms with Crippen LogP contribution in [0.2, 0.25) is 0 Å². The molecular weight excluding hydrogens is 351 g/mol. The third-order valence-corrected chi connectivity index (χ3v) is 3.20. The summed E-state index contributed by atoms with van der Waals surface area (Å²) >= 11 is 0. The highest BCUT2D eigenvalue weighted by molar-refractivity contribution is 5.83. The number of amides is 2. The van der Waals surface area contributed by atoms with Gasteiger partial charge in [0.15, 0.2) is 0 Å². The van der Waals surface area contributed by atoms with Crippen LogP contribution in [0.4, 0.5) is 13.2 Å². The second-order valence-corrected chi connectivity index (χ2v) is 5.28. The summed E-state index contributed by atoms with van der Waals surface area (Å²) < 4.78 is 43.8. The second-order valence-electron chi connectivity index (χ2n) is 5.28. The number of hydrogen-bond acceptors (Lipinski definition) is 4. The number of rotatable bonds is 6. The van der Waals surface area contributed by atoms with Crippen molar-refractivity contribution in [3.8, 4) is 11.6 Å². The van der Waals surface area contributed by atoms with E-state index in [2.05, 4.69) is 15.6 Å². The van der Waals surface area contributed by atoms with Crippen molar-refractivity contribution in [1.29, 1.82) is 0 Å². The largest absolute Gasteiger partial charge is 0.439 e. The minimum Gasteiger partial charge on any atom is -0.439 e. The molecule has 0 saturated heterocycles. The van der Waals surface area contributed by atoms with Crippen LogP contribution in [0, 0.1) is 0 Å². The number of alkyl halides is 3. The summed E-state index contributed by atoms with van der Waals surface area (Å²) in [6.07, 6.45) is -3.06. The van der Waals surface area contributed by atoms with Gasteiger partial charge in [-0.3, -0.25) is 9.59 Å². The molecule has 0 aliphatic rings. The van der Waals surface area contributed by atoms with Gasteiger partial charge in [-0.15, -0.1) is 0 Å². The van der Waals surface area contributed by atoms with Gasteiger partial charge < -0.3 is 15.4 Å². The molecule has 2 N–H and O–H groups in total. The minimum absolute atomic E-state index is 0.0238. The zero-order valence-electron chi connectivity index (χ0n) is 13.8. The average molecular weight is 367 g/mol. The molecule has 26 heavy (non-hydrogen) atoms. The summed E-state index contributed by atoms with van der Waals surface area (Å²) in [5.74, 6) is -0.708. The van der Waals surface area contributed by atoms with Gasteiger partial charge >= 0.3 is 6.18 Å². The molecule has 2 rings (SSSR count). The van der Waals surface area contributed by atoms with Gasteiger partial charge in [-0.25, -0.2) is 4.98 Å². The van der Waals surface area contributed by atoms with Gasteiger partial charge in [0.25, 0.3) is 0 Å². The van der Waals surface area contributed by atoms with Crippen LogP contribution in [0.1, 0.15) is 18.1 Å². The van der Waals surface area contributed by atoms with E-state index in [9.17, 15) is 22.8 Å². The van der Waals surface area contributed by atoms with E-state index in [-0.39, 0.29) is 30.6 Å². The summed E-state index contributed by atoms with van der Waals surface area (Å²) in [7, 11) is 0. The van der Waals surface area contributed by atoms with Crippen molar-refractivity contribution in [1.82, 2.24) is 15.6 Å². The highest BCUT2D eigenvalue weighted by Gasteiger charge is 2.30. The first-order chi connectivity index (χ1) is 12.3. The first-order valence-electron chi connectivity index (χ1n) is 7.56. The van der Waals surface area contributed by atoms with Crippen LogP contribution in [0.15, 0.2) is 42.6 Å². The van der Waals surface area contributed by atoms with E-state index in [1.165, 1.54) is 25.3 Å². The minimum atomic E-state index is -4.48. The Morgan fingerprint density at radius 3 is 2.62 bits per heavy atom. The van der Waals surface area contributed by atoms with Crippen LogP contribution in [0.5, 0.6) is 11.6 Å². The Bertz CT molecular complexity index is 794. The van der Waals surface area contributed by atoms with Crippen molar-refractivity contribution in [2.45, 2.75) is 19.6 Å². The van der Waals surface area contributed by atoms with Crippen LogP contribution in [-0.2, 0) is 22.3 Å². The van der Waals surface area contributed by atoms with Crippen molar-refractivity contribution >= 4 is 11.8 Å². The van der Waals surface area contributed by atoms with E-state index in [4.69, 9.17) is 4.74 Å². The Morgan fingerprint density at radius 2 is 1.92 bits per heavy atom. The van der Waals surface area contributed by atoms with Crippen LogP contribution >= 0.6 is 0 Å². The summed E-state index contributed by atoms with van der Waals surface area (Å²) in [5.41, 5.74) is -0.364. The topological polar surface area (TPSA) is 80.3 Å². The van der Waals surface area contributed by atoms with E-state index in [1.54, 1.807) is 12.1 Å². The molecule has 2 amide bonds. The molecule has 9 heteroatoms. The van der Waals surface area contributed by atoms with E-state index >= 15 is 0 Å². The molecule has 0 spiro atoms. The Hall–Kier alpha value is -3.10. The van der Waals surface area contributed by atoms with Crippen molar-refractivity contribution in [2.24, 2.45) is 0 Å². The Morgan fingerprint density at radius 1 is 1.15 bits per heavy atom. The Labute approximate surface area is 147 Å². The molecule has 0 radical (unpaired) electrons. The zero-order valence-corrected chi connectivity index (χ0v) is 13.8. The number of aromatic nitrogens is 1. The van der Waals surface area contributed by atoms with Crippen molar-refractivity contribution in [3.63, 3.8) is 0 Å². The lowest BCUT2D eigenvalue weighted by atomic mass is 10.2. The highest BCUT2D eigenvalue weighted by Crippen LogP contribution is 2.32. The van der Waals surface area contributed by atoms with Gasteiger partial charge in [-0.05, 0) is 24.3 Å². The molecule has 6 nitrogen and oxygen atoms in total. The third-order valence-electron chi connectivity index (χ3n) is 3.20. The molecule has 2 aromatic rings. The smallest absolute Gasteiger partial charge is 0.416 e. The maximum absolute atomic E-state index is 12.8. The molecule has 0 bridgehead atoms. The Balaban J connectivity index is 2.07. The van der Waals surface area contributed by atoms with Gasteiger partial charge in [0, 0.05) is 25.2 Å². The number of carbonyl (C=O) groups is 2. The molecular formula is C17H16F3N3O3. The van der Waals surface area contributed by atoms with Gasteiger partial charge in [0.05, 0.1) is 12.1 Å². The lowest BCUT2D eigenvalue weighted by Gasteiger charge is -2.12. The SMILES string of the molecule is CC(=O)NCC(=O)NCc1cccnc1Oc1cccc(C(F)(F)F)c1. The molecule has 0 atom stereocenters. The van der Waals surface area contributed by atoms with E-state index < -0.39 is 17.6 Å². The molecule has 0 unspecified atom stereocenters. The van der Waals surface area contributed by atoms with Gasteiger partial charge in [0.1, 0.15) is 5.75 Å². The van der Waals surface area contributed by atoms with Gasteiger partial charge in [0.2, 0.25) is 17.7 Å². The third kappa shape index (κ3) is 5.76. The fourth-order valence-electron chi connectivity index (χ4n) is 1.96. The molecule has 1 aromatic carbocycles. The van der Waals surface area contributed by atoms with E-state index in [0.29, 0.717) is 5.56 Å². The monoisotopic (exact) mass is 367 g/mol. The van der Waals surface area contributed by atoms with Crippen LogP contribution in [-0.4, -0.2) is 23.3 Å². The molecule has 1 aromatic heterocycles. The number of halogens is 3. The summed E-state index contributed by atoms with van der Waals surface area (Å²) in [4.78, 5) is 26.4. The van der Waals surface area contributed by atoms with Gasteiger partial charge in [-0.1, -0.05) is 12.1 Å². The van der Waals surface area contributed by atoms with Crippen molar-refractivity contribution < 1.29 is 27.5 Å². The predicted molar refractivity (Wildman–Crippen MR) is 86.3 cm³/mol. The maximum atomic E-state index is 12.8. The lowest BCUT2D eigenvalue weighted by Crippen LogP contribution is -2.35. The fourth-order valence-corrected chi connectivity index (χ4v) is 1.96. The second kappa shape index (κ2) is 8.32. The predicted octanol–water partition coefficient (Wildman–Crippen LogP) is 2.65. The molecule has 1 heterocycles. The number of nitrogens with zero attached hydrogens (tertiary/aromatic N) is 1. The van der Waals surface area contributed by atoms with Crippen LogP contribution in [0.25, 0.3) is 0 Å². The first-order valence-corrected chi connectivity index (χ1v) is 7.56. The number of carbonyl (C=O) groups excluding carboxylic acids is 2. The van der Waals surface area contributed by atoms with Gasteiger partial charge in [-0.2, -0.15) is 13.2 Å². The number of benzene rings is 1. The molecule has 0 fully saturated rings. The zero-order chi connectivity index (χ0) is 19.2. The molecule has 0 aliphatic carbocycles. The summed E-state index contributed by atoms with van der Waals surface area (Å²) in [5, 5.41) is 4.91. The maximum Gasteiger partial charge on any atom is 0.416 e. The van der Waals surface area contributed by atoms with Crippen LogP contribution < -0.4 is 15.4 Å². The quantitative estimate of drug-likeness (QED) is 0.823. The molecule has 0 aliphatic heterocycles. The number of hydrogen-bond donors (Lipinski definition) is 2. The lowest BCUT2D eigenvalue weighted by molar-refractivity contribution is -0.137. The fraction of sp³-hybridized carbons (Fsp3) is 0.235. The van der Waals surface area contributed by atoms with E-state index in [1.807, 2.05) is 0 Å². The Kier molecular flexibility index (Phi) is 6.16. The summed E-state index contributed by atoms with van der Waals surface area (Å²) in [6, 6.07) is 7.64. The number of ether oxygens (including phenoxy) is 1. The first kappa shape index (κ1) is 19.2. The normalized spacial score (nSPS) is 10.9. The molecule has 138 valence electrons. The van der Waals surface area contributed by atoms with Crippen molar-refractivity contribution in [2.75, 3.05) is 6.54 Å². The summed E-state index contributed by atoms with van der Waals surface area (Å²) in [6.45, 7) is 1.15. The van der Waals surface area contributed by atoms with Crippen LogP contribution in [0.3, 0.4) is 0 Å². The average Bonchev–Trinajstić information content (AvgIpc) is 2.58. The standard InChI is InChI=1S/C17H16F3N3O3/c1-11(24)22-10-15(25)23-9-12-4-3-7-21-16(12)26-14-6-2-5-13(8-14)17(18,19)20/h2-8H,9-10H2,1H3,(H,22,24)(H,23,25). The van der Waals surface area contributed by atoms with Crippen molar-refractivity contribution in [3.05, 3.63) is 53.7 Å². The highest BCUT2D eigenvalue weighted by atomic mass is 19.4. The number of nitrogens with one attached hydrogen (secondary N) is 2. The van der Waals surface area contributed by atoms with E-state index in [0.717, 1.165) is 12.1 Å². The number of pyridine rings is 1. The molecule has 0 saturated carbocycles.